The summed E-state index contributed by atoms with van der Waals surface area (Å²) in [5.41, 5.74) is 12.6. The third kappa shape index (κ3) is 4.84. The van der Waals surface area contributed by atoms with Crippen LogP contribution in [0.25, 0.3) is 11.1 Å². The minimum absolute atomic E-state index is 0.0539. The Morgan fingerprint density at radius 2 is 1.81 bits per heavy atom. The van der Waals surface area contributed by atoms with Crippen LogP contribution in [0.5, 0.6) is 11.5 Å². The molecule has 3 rings (SSSR count). The molecule has 5 N–H and O–H groups in total. The summed E-state index contributed by atoms with van der Waals surface area (Å²) in [5.74, 6) is -1.65. The lowest BCUT2D eigenvalue weighted by molar-refractivity contribution is -0.119. The lowest BCUT2D eigenvalue weighted by atomic mass is 10.0. The molecule has 166 valence electrons. The quantitative estimate of drug-likeness (QED) is 0.459. The molecule has 3 amide bonds. The van der Waals surface area contributed by atoms with Crippen molar-refractivity contribution in [1.29, 1.82) is 0 Å². The SMILES string of the molecule is COc1cc(C(=O)Nc2sc(C)c(-c3ccccc3)c2C(N)=O)cc(Cl)c1OCC(N)=O. The molecule has 0 atom stereocenters. The lowest BCUT2D eigenvalue weighted by Crippen LogP contribution is -2.20. The van der Waals surface area contributed by atoms with Crippen LogP contribution in [0.15, 0.2) is 42.5 Å². The summed E-state index contributed by atoms with van der Waals surface area (Å²) in [6.07, 6.45) is 0. The van der Waals surface area contributed by atoms with Gasteiger partial charge in [0.05, 0.1) is 17.7 Å². The van der Waals surface area contributed by atoms with E-state index in [9.17, 15) is 14.4 Å². The zero-order chi connectivity index (χ0) is 23.4. The number of primary amides is 2. The normalized spacial score (nSPS) is 10.5. The van der Waals surface area contributed by atoms with Crippen LogP contribution in [-0.4, -0.2) is 31.4 Å². The molecule has 0 saturated carbocycles. The predicted molar refractivity (Wildman–Crippen MR) is 124 cm³/mol. The van der Waals surface area contributed by atoms with Gasteiger partial charge in [-0.15, -0.1) is 11.3 Å². The number of halogens is 1. The van der Waals surface area contributed by atoms with Crippen LogP contribution >= 0.6 is 22.9 Å². The first-order valence-electron chi connectivity index (χ1n) is 9.31. The fourth-order valence-corrected chi connectivity index (χ4v) is 4.47. The fourth-order valence-electron chi connectivity index (χ4n) is 3.13. The highest BCUT2D eigenvalue weighted by Crippen LogP contribution is 2.40. The van der Waals surface area contributed by atoms with Crippen molar-refractivity contribution >= 4 is 45.7 Å². The second-order valence-corrected chi connectivity index (χ2v) is 8.30. The van der Waals surface area contributed by atoms with Crippen molar-refractivity contribution in [2.75, 3.05) is 19.0 Å². The summed E-state index contributed by atoms with van der Waals surface area (Å²) < 4.78 is 10.5. The molecule has 3 aromatic rings. The van der Waals surface area contributed by atoms with E-state index >= 15 is 0 Å². The van der Waals surface area contributed by atoms with Crippen molar-refractivity contribution in [3.05, 3.63) is 63.5 Å². The molecular formula is C22H20ClN3O5S. The highest BCUT2D eigenvalue weighted by molar-refractivity contribution is 7.17. The molecule has 0 aliphatic carbocycles. The lowest BCUT2D eigenvalue weighted by Gasteiger charge is -2.13. The average Bonchev–Trinajstić information content (AvgIpc) is 3.08. The van der Waals surface area contributed by atoms with Gasteiger partial charge in [0.15, 0.2) is 18.1 Å². The van der Waals surface area contributed by atoms with Gasteiger partial charge in [-0.05, 0) is 24.6 Å². The Balaban J connectivity index is 1.96. The third-order valence-electron chi connectivity index (χ3n) is 4.47. The van der Waals surface area contributed by atoms with E-state index in [-0.39, 0.29) is 27.6 Å². The Bertz CT molecular complexity index is 1190. The Kier molecular flexibility index (Phi) is 7.01. The number of hydrogen-bond donors (Lipinski definition) is 3. The van der Waals surface area contributed by atoms with Crippen LogP contribution in [0, 0.1) is 6.92 Å². The molecule has 0 aliphatic heterocycles. The van der Waals surface area contributed by atoms with E-state index in [0.29, 0.717) is 10.6 Å². The number of rotatable bonds is 8. The number of ether oxygens (including phenoxy) is 2. The van der Waals surface area contributed by atoms with Crippen LogP contribution in [-0.2, 0) is 4.79 Å². The van der Waals surface area contributed by atoms with Crippen molar-refractivity contribution in [3.63, 3.8) is 0 Å². The van der Waals surface area contributed by atoms with Gasteiger partial charge in [0, 0.05) is 16.0 Å². The number of anilines is 1. The number of carbonyl (C=O) groups excluding carboxylic acids is 3. The number of thiophene rings is 1. The summed E-state index contributed by atoms with van der Waals surface area (Å²) >= 11 is 7.47. The van der Waals surface area contributed by atoms with E-state index in [0.717, 1.165) is 10.4 Å². The first-order chi connectivity index (χ1) is 15.2. The number of hydrogen-bond acceptors (Lipinski definition) is 6. The number of amides is 3. The van der Waals surface area contributed by atoms with Crippen LogP contribution in [0.4, 0.5) is 5.00 Å². The maximum absolute atomic E-state index is 13.0. The Labute approximate surface area is 193 Å². The molecule has 0 saturated heterocycles. The van der Waals surface area contributed by atoms with Gasteiger partial charge < -0.3 is 26.3 Å². The van der Waals surface area contributed by atoms with Crippen molar-refractivity contribution in [2.24, 2.45) is 11.5 Å². The Morgan fingerprint density at radius 3 is 2.41 bits per heavy atom. The monoisotopic (exact) mass is 473 g/mol. The van der Waals surface area contributed by atoms with E-state index in [4.69, 9.17) is 32.5 Å². The molecule has 1 aromatic heterocycles. The molecule has 0 spiro atoms. The second kappa shape index (κ2) is 9.71. The predicted octanol–water partition coefficient (Wildman–Crippen LogP) is 3.60. The molecule has 0 unspecified atom stereocenters. The number of nitrogens with two attached hydrogens (primary N) is 2. The third-order valence-corrected chi connectivity index (χ3v) is 5.77. The second-order valence-electron chi connectivity index (χ2n) is 6.67. The van der Waals surface area contributed by atoms with E-state index in [1.807, 2.05) is 37.3 Å². The summed E-state index contributed by atoms with van der Waals surface area (Å²) in [5, 5.41) is 3.11. The molecule has 8 nitrogen and oxygen atoms in total. The number of benzene rings is 2. The average molecular weight is 474 g/mol. The van der Waals surface area contributed by atoms with Crippen molar-refractivity contribution in [3.8, 4) is 22.6 Å². The van der Waals surface area contributed by atoms with Crippen molar-refractivity contribution < 1.29 is 23.9 Å². The van der Waals surface area contributed by atoms with E-state index < -0.39 is 24.3 Å². The van der Waals surface area contributed by atoms with Gasteiger partial charge in [-0.2, -0.15) is 0 Å². The van der Waals surface area contributed by atoms with E-state index in [1.54, 1.807) is 0 Å². The molecule has 0 bridgehead atoms. The van der Waals surface area contributed by atoms with Gasteiger partial charge in [0.2, 0.25) is 0 Å². The van der Waals surface area contributed by atoms with Gasteiger partial charge >= 0.3 is 0 Å². The van der Waals surface area contributed by atoms with Gasteiger partial charge in [0.1, 0.15) is 5.00 Å². The number of aryl methyl sites for hydroxylation is 1. The van der Waals surface area contributed by atoms with Crippen LogP contribution in [0.1, 0.15) is 25.6 Å². The first kappa shape index (κ1) is 23.1. The molecule has 32 heavy (non-hydrogen) atoms. The maximum Gasteiger partial charge on any atom is 0.256 e. The molecule has 0 aliphatic rings. The topological polar surface area (TPSA) is 134 Å². The van der Waals surface area contributed by atoms with Gasteiger partial charge in [0.25, 0.3) is 17.7 Å². The summed E-state index contributed by atoms with van der Waals surface area (Å²) in [4.78, 5) is 37.0. The highest BCUT2D eigenvalue weighted by Gasteiger charge is 2.24. The van der Waals surface area contributed by atoms with E-state index in [1.165, 1.54) is 30.6 Å². The first-order valence-corrected chi connectivity index (χ1v) is 10.5. The molecule has 2 aromatic carbocycles. The fraction of sp³-hybridized carbons (Fsp3) is 0.136. The summed E-state index contributed by atoms with van der Waals surface area (Å²) in [6, 6.07) is 12.1. The Hall–Kier alpha value is -3.56. The minimum Gasteiger partial charge on any atom is -0.493 e. The standard InChI is InChI=1S/C22H20ClN3O5S/c1-11-17(12-6-4-3-5-7-12)18(20(25)28)22(32-11)26-21(29)13-8-14(23)19(15(9-13)30-2)31-10-16(24)27/h3-9H,10H2,1-2H3,(H2,24,27)(H2,25,28)(H,26,29). The molecule has 1 heterocycles. The molecular weight excluding hydrogens is 454 g/mol. The van der Waals surface area contributed by atoms with Crippen LogP contribution in [0.2, 0.25) is 5.02 Å². The molecule has 10 heteroatoms. The van der Waals surface area contributed by atoms with Crippen molar-refractivity contribution in [1.82, 2.24) is 0 Å². The minimum atomic E-state index is -0.689. The zero-order valence-electron chi connectivity index (χ0n) is 17.2. The highest BCUT2D eigenvalue weighted by atomic mass is 35.5. The molecule has 0 radical (unpaired) electrons. The molecule has 0 fully saturated rings. The zero-order valence-corrected chi connectivity index (χ0v) is 18.8. The maximum atomic E-state index is 13.0. The largest absolute Gasteiger partial charge is 0.493 e. The van der Waals surface area contributed by atoms with Gasteiger partial charge in [-0.25, -0.2) is 0 Å². The smallest absolute Gasteiger partial charge is 0.256 e. The summed E-state index contributed by atoms with van der Waals surface area (Å²) in [7, 11) is 1.37. The van der Waals surface area contributed by atoms with Crippen LogP contribution in [0.3, 0.4) is 0 Å². The van der Waals surface area contributed by atoms with Crippen molar-refractivity contribution in [2.45, 2.75) is 6.92 Å². The number of carbonyl (C=O) groups is 3. The van der Waals surface area contributed by atoms with Gasteiger partial charge in [-0.1, -0.05) is 41.9 Å². The summed E-state index contributed by atoms with van der Waals surface area (Å²) in [6.45, 7) is 1.44. The number of nitrogens with one attached hydrogen (secondary N) is 1. The van der Waals surface area contributed by atoms with Gasteiger partial charge in [-0.3, -0.25) is 14.4 Å². The Morgan fingerprint density at radius 1 is 1.12 bits per heavy atom. The van der Waals surface area contributed by atoms with Crippen LogP contribution < -0.4 is 26.3 Å². The van der Waals surface area contributed by atoms with E-state index in [2.05, 4.69) is 5.32 Å². The number of methoxy groups -OCH3 is 1.